The van der Waals surface area contributed by atoms with Gasteiger partial charge in [0.2, 0.25) is 11.8 Å². The van der Waals surface area contributed by atoms with Gasteiger partial charge in [-0.25, -0.2) is 0 Å². The number of carbonyl (C=O) groups is 3. The van der Waals surface area contributed by atoms with Crippen LogP contribution in [0.15, 0.2) is 18.2 Å². The van der Waals surface area contributed by atoms with Crippen molar-refractivity contribution >= 4 is 23.4 Å². The lowest BCUT2D eigenvalue weighted by Gasteiger charge is -2.23. The molecule has 0 aromatic heterocycles. The summed E-state index contributed by atoms with van der Waals surface area (Å²) in [5, 5.41) is 5.53. The number of amides is 3. The second-order valence-corrected chi connectivity index (χ2v) is 5.72. The van der Waals surface area contributed by atoms with Gasteiger partial charge in [0.1, 0.15) is 6.04 Å². The summed E-state index contributed by atoms with van der Waals surface area (Å²) in [5.74, 6) is -0.357. The van der Waals surface area contributed by atoms with Crippen molar-refractivity contribution in [3.8, 4) is 0 Å². The van der Waals surface area contributed by atoms with Gasteiger partial charge in [-0.2, -0.15) is 0 Å². The molecule has 3 amide bonds. The smallest absolute Gasteiger partial charge is 0.251 e. The van der Waals surface area contributed by atoms with Crippen LogP contribution in [-0.4, -0.2) is 36.9 Å². The van der Waals surface area contributed by atoms with Gasteiger partial charge < -0.3 is 15.5 Å². The summed E-state index contributed by atoms with van der Waals surface area (Å²) in [7, 11) is 0. The average molecular weight is 301 g/mol. The van der Waals surface area contributed by atoms with Crippen LogP contribution in [0.2, 0.25) is 0 Å². The lowest BCUT2D eigenvalue weighted by molar-refractivity contribution is -0.124. The summed E-state index contributed by atoms with van der Waals surface area (Å²) in [5.41, 5.74) is 2.40. The second-order valence-electron chi connectivity index (χ2n) is 5.72. The standard InChI is InChI=1S/C16H19N3O3/c1-10(20)19-8-6-11-9-12(4-5-14(11)19)15(21)18-13-3-2-7-17-16(13)22/h4-5,9,13H,2-3,6-8H2,1H3,(H,17,22)(H,18,21). The molecule has 0 aliphatic carbocycles. The minimum absolute atomic E-state index is 0.00910. The van der Waals surface area contributed by atoms with Gasteiger partial charge in [0.15, 0.2) is 0 Å². The third-order valence-electron chi connectivity index (χ3n) is 4.21. The molecule has 1 saturated heterocycles. The van der Waals surface area contributed by atoms with Crippen LogP contribution in [0, 0.1) is 0 Å². The molecule has 1 aromatic carbocycles. The lowest BCUT2D eigenvalue weighted by Crippen LogP contribution is -2.50. The predicted molar refractivity (Wildman–Crippen MR) is 81.7 cm³/mol. The minimum Gasteiger partial charge on any atom is -0.354 e. The number of anilines is 1. The Morgan fingerprint density at radius 1 is 1.36 bits per heavy atom. The van der Waals surface area contributed by atoms with E-state index in [1.165, 1.54) is 6.92 Å². The van der Waals surface area contributed by atoms with Crippen LogP contribution in [0.5, 0.6) is 0 Å². The van der Waals surface area contributed by atoms with Crippen LogP contribution in [-0.2, 0) is 16.0 Å². The third kappa shape index (κ3) is 2.68. The summed E-state index contributed by atoms with van der Waals surface area (Å²) in [6.07, 6.45) is 2.29. The zero-order valence-corrected chi connectivity index (χ0v) is 12.5. The molecular weight excluding hydrogens is 282 g/mol. The van der Waals surface area contributed by atoms with Crippen LogP contribution in [0.25, 0.3) is 0 Å². The highest BCUT2D eigenvalue weighted by Gasteiger charge is 2.26. The molecule has 2 aliphatic rings. The molecule has 3 rings (SSSR count). The highest BCUT2D eigenvalue weighted by atomic mass is 16.2. The van der Waals surface area contributed by atoms with Crippen molar-refractivity contribution in [1.29, 1.82) is 0 Å². The van der Waals surface area contributed by atoms with E-state index in [0.717, 1.165) is 24.1 Å². The molecule has 6 heteroatoms. The van der Waals surface area contributed by atoms with E-state index in [1.54, 1.807) is 17.0 Å². The highest BCUT2D eigenvalue weighted by Crippen LogP contribution is 2.28. The quantitative estimate of drug-likeness (QED) is 0.840. The fourth-order valence-corrected chi connectivity index (χ4v) is 3.02. The SMILES string of the molecule is CC(=O)N1CCc2cc(C(=O)NC3CCCNC3=O)ccc21. The fourth-order valence-electron chi connectivity index (χ4n) is 3.02. The molecule has 1 fully saturated rings. The van der Waals surface area contributed by atoms with Gasteiger partial charge in [-0.15, -0.1) is 0 Å². The molecule has 0 bridgehead atoms. The van der Waals surface area contributed by atoms with Crippen molar-refractivity contribution < 1.29 is 14.4 Å². The van der Waals surface area contributed by atoms with E-state index in [2.05, 4.69) is 10.6 Å². The van der Waals surface area contributed by atoms with E-state index in [9.17, 15) is 14.4 Å². The topological polar surface area (TPSA) is 78.5 Å². The van der Waals surface area contributed by atoms with Crippen molar-refractivity contribution in [2.24, 2.45) is 0 Å². The van der Waals surface area contributed by atoms with Gasteiger partial charge in [-0.05, 0) is 43.0 Å². The highest BCUT2D eigenvalue weighted by molar-refractivity contribution is 5.99. The van der Waals surface area contributed by atoms with Gasteiger partial charge in [-0.1, -0.05) is 0 Å². The summed E-state index contributed by atoms with van der Waals surface area (Å²) in [6.45, 7) is 2.86. The molecule has 0 radical (unpaired) electrons. The molecule has 116 valence electrons. The molecule has 1 aromatic rings. The Hall–Kier alpha value is -2.37. The Kier molecular flexibility index (Phi) is 3.83. The normalized spacial score (nSPS) is 20.3. The summed E-state index contributed by atoms with van der Waals surface area (Å²) in [6, 6.07) is 4.87. The molecular formula is C16H19N3O3. The Morgan fingerprint density at radius 3 is 2.91 bits per heavy atom. The molecule has 0 spiro atoms. The maximum absolute atomic E-state index is 12.3. The number of hydrogen-bond acceptors (Lipinski definition) is 3. The van der Waals surface area contributed by atoms with Crippen LogP contribution in [0.1, 0.15) is 35.7 Å². The minimum atomic E-state index is -0.455. The maximum atomic E-state index is 12.3. The predicted octanol–water partition coefficient (Wildman–Crippen LogP) is 0.604. The first-order chi connectivity index (χ1) is 10.6. The van der Waals surface area contributed by atoms with Gasteiger partial charge in [0.05, 0.1) is 0 Å². The first-order valence-corrected chi connectivity index (χ1v) is 7.56. The number of benzene rings is 1. The number of rotatable bonds is 2. The van der Waals surface area contributed by atoms with E-state index >= 15 is 0 Å². The molecule has 2 N–H and O–H groups in total. The van der Waals surface area contributed by atoms with Crippen molar-refractivity contribution in [2.45, 2.75) is 32.2 Å². The Bertz CT molecular complexity index is 642. The zero-order chi connectivity index (χ0) is 15.7. The second kappa shape index (κ2) is 5.79. The van der Waals surface area contributed by atoms with E-state index in [1.807, 2.05) is 6.07 Å². The van der Waals surface area contributed by atoms with Gasteiger partial charge >= 0.3 is 0 Å². The maximum Gasteiger partial charge on any atom is 0.251 e. The van der Waals surface area contributed by atoms with E-state index < -0.39 is 6.04 Å². The van der Waals surface area contributed by atoms with Gasteiger partial charge in [-0.3, -0.25) is 14.4 Å². The van der Waals surface area contributed by atoms with Crippen molar-refractivity contribution in [2.75, 3.05) is 18.0 Å². The molecule has 1 atom stereocenters. The Morgan fingerprint density at radius 2 is 2.18 bits per heavy atom. The van der Waals surface area contributed by atoms with E-state index in [0.29, 0.717) is 25.1 Å². The molecule has 6 nitrogen and oxygen atoms in total. The molecule has 2 aliphatic heterocycles. The van der Waals surface area contributed by atoms with Gasteiger partial charge in [0.25, 0.3) is 5.91 Å². The van der Waals surface area contributed by atoms with Crippen LogP contribution < -0.4 is 15.5 Å². The molecule has 1 unspecified atom stereocenters. The summed E-state index contributed by atoms with van der Waals surface area (Å²) in [4.78, 5) is 37.2. The Labute approximate surface area is 128 Å². The first kappa shape index (κ1) is 14.6. The number of piperidine rings is 1. The third-order valence-corrected chi connectivity index (χ3v) is 4.21. The van der Waals surface area contributed by atoms with Crippen molar-refractivity contribution in [1.82, 2.24) is 10.6 Å². The molecule has 2 heterocycles. The fraction of sp³-hybridized carbons (Fsp3) is 0.438. The number of fused-ring (bicyclic) bond motifs is 1. The van der Waals surface area contributed by atoms with Crippen molar-refractivity contribution in [3.63, 3.8) is 0 Å². The number of hydrogen-bond donors (Lipinski definition) is 2. The zero-order valence-electron chi connectivity index (χ0n) is 12.5. The molecule has 0 saturated carbocycles. The average Bonchev–Trinajstić information content (AvgIpc) is 2.92. The van der Waals surface area contributed by atoms with E-state index in [4.69, 9.17) is 0 Å². The summed E-state index contributed by atoms with van der Waals surface area (Å²) < 4.78 is 0. The number of carbonyl (C=O) groups excluding carboxylic acids is 3. The first-order valence-electron chi connectivity index (χ1n) is 7.56. The Balaban J connectivity index is 1.74. The monoisotopic (exact) mass is 301 g/mol. The van der Waals surface area contributed by atoms with Crippen LogP contribution in [0.3, 0.4) is 0 Å². The van der Waals surface area contributed by atoms with Crippen LogP contribution >= 0.6 is 0 Å². The van der Waals surface area contributed by atoms with Crippen LogP contribution in [0.4, 0.5) is 5.69 Å². The summed E-state index contributed by atoms with van der Waals surface area (Å²) >= 11 is 0. The largest absolute Gasteiger partial charge is 0.354 e. The number of nitrogens with one attached hydrogen (secondary N) is 2. The van der Waals surface area contributed by atoms with E-state index in [-0.39, 0.29) is 17.7 Å². The number of nitrogens with zero attached hydrogens (tertiary/aromatic N) is 1. The molecule has 22 heavy (non-hydrogen) atoms. The van der Waals surface area contributed by atoms with Crippen molar-refractivity contribution in [3.05, 3.63) is 29.3 Å². The lowest BCUT2D eigenvalue weighted by atomic mass is 10.0. The van der Waals surface area contributed by atoms with Gasteiger partial charge in [0, 0.05) is 31.3 Å².